The second kappa shape index (κ2) is 4.33. The molecule has 0 fully saturated rings. The van der Waals surface area contributed by atoms with Gasteiger partial charge in [-0.1, -0.05) is 22.0 Å². The van der Waals surface area contributed by atoms with E-state index >= 15 is 0 Å². The van der Waals surface area contributed by atoms with E-state index in [2.05, 4.69) is 15.9 Å². The monoisotopic (exact) mass is 307 g/mol. The fourth-order valence-corrected chi connectivity index (χ4v) is 2.38. The van der Waals surface area contributed by atoms with E-state index in [0.717, 1.165) is 15.6 Å². The van der Waals surface area contributed by atoms with Crippen LogP contribution in [-0.2, 0) is 11.2 Å². The van der Waals surface area contributed by atoms with Gasteiger partial charge in [-0.3, -0.25) is 4.79 Å². The predicted molar refractivity (Wildman–Crippen MR) is 59.4 cm³/mol. The van der Waals surface area contributed by atoms with Gasteiger partial charge in [0.05, 0.1) is 6.04 Å². The third-order valence-corrected chi connectivity index (χ3v) is 3.24. The van der Waals surface area contributed by atoms with Crippen molar-refractivity contribution in [3.63, 3.8) is 0 Å². The molecule has 1 N–H and O–H groups in total. The van der Waals surface area contributed by atoms with Gasteiger partial charge in [-0.25, -0.2) is 0 Å². The number of hydrogen-bond acceptors (Lipinski definition) is 1. The summed E-state index contributed by atoms with van der Waals surface area (Å²) in [5.41, 5.74) is 1.75. The third kappa shape index (κ3) is 2.62. The zero-order valence-corrected chi connectivity index (χ0v) is 10.2. The van der Waals surface area contributed by atoms with E-state index < -0.39 is 18.1 Å². The zero-order valence-electron chi connectivity index (χ0n) is 8.64. The molecule has 0 unspecified atom stereocenters. The Labute approximate surface area is 104 Å². The molecule has 6 heteroatoms. The van der Waals surface area contributed by atoms with E-state index in [1.54, 1.807) is 12.1 Å². The standard InChI is InChI=1S/C11H9BrF3NO/c12-7-2-3-8-6(5-7)1-4-9(8)16-10(17)11(13,14)15/h2-3,5,9H,1,4H2,(H,16,17)/t9-/m0/s1. The van der Waals surface area contributed by atoms with Crippen molar-refractivity contribution < 1.29 is 18.0 Å². The van der Waals surface area contributed by atoms with Crippen molar-refractivity contribution in [2.45, 2.75) is 25.1 Å². The largest absolute Gasteiger partial charge is 0.471 e. The number of carbonyl (C=O) groups is 1. The van der Waals surface area contributed by atoms with Gasteiger partial charge in [0, 0.05) is 4.47 Å². The average Bonchev–Trinajstić information content (AvgIpc) is 2.59. The van der Waals surface area contributed by atoms with Gasteiger partial charge in [0.15, 0.2) is 0 Å². The van der Waals surface area contributed by atoms with Crippen LogP contribution in [0.1, 0.15) is 23.6 Å². The Morgan fingerprint density at radius 2 is 2.12 bits per heavy atom. The van der Waals surface area contributed by atoms with E-state index in [9.17, 15) is 18.0 Å². The molecule has 17 heavy (non-hydrogen) atoms. The quantitative estimate of drug-likeness (QED) is 0.848. The zero-order chi connectivity index (χ0) is 12.6. The van der Waals surface area contributed by atoms with Gasteiger partial charge in [-0.2, -0.15) is 13.2 Å². The van der Waals surface area contributed by atoms with E-state index in [0.29, 0.717) is 12.8 Å². The van der Waals surface area contributed by atoms with E-state index in [4.69, 9.17) is 0 Å². The minimum Gasteiger partial charge on any atom is -0.341 e. The number of amides is 1. The smallest absolute Gasteiger partial charge is 0.341 e. The summed E-state index contributed by atoms with van der Waals surface area (Å²) < 4.78 is 37.3. The molecule has 0 radical (unpaired) electrons. The lowest BCUT2D eigenvalue weighted by atomic mass is 10.1. The number of aryl methyl sites for hydroxylation is 1. The summed E-state index contributed by atoms with van der Waals surface area (Å²) >= 11 is 3.30. The van der Waals surface area contributed by atoms with Crippen molar-refractivity contribution in [2.24, 2.45) is 0 Å². The van der Waals surface area contributed by atoms with Gasteiger partial charge < -0.3 is 5.32 Å². The highest BCUT2D eigenvalue weighted by atomic mass is 79.9. The van der Waals surface area contributed by atoms with Crippen LogP contribution in [-0.4, -0.2) is 12.1 Å². The van der Waals surface area contributed by atoms with Gasteiger partial charge in [0.2, 0.25) is 0 Å². The molecule has 0 bridgehead atoms. The average molecular weight is 308 g/mol. The number of rotatable bonds is 1. The van der Waals surface area contributed by atoms with Crippen LogP contribution in [0.15, 0.2) is 22.7 Å². The Balaban J connectivity index is 2.15. The Kier molecular flexibility index (Phi) is 3.16. The number of nitrogens with one attached hydrogen (secondary N) is 1. The first-order chi connectivity index (χ1) is 7.88. The van der Waals surface area contributed by atoms with Crippen LogP contribution in [0.25, 0.3) is 0 Å². The summed E-state index contributed by atoms with van der Waals surface area (Å²) in [6.45, 7) is 0. The third-order valence-electron chi connectivity index (χ3n) is 2.75. The number of fused-ring (bicyclic) bond motifs is 1. The van der Waals surface area contributed by atoms with E-state index in [-0.39, 0.29) is 0 Å². The molecule has 1 atom stereocenters. The van der Waals surface area contributed by atoms with Crippen LogP contribution in [0.4, 0.5) is 13.2 Å². The molecule has 1 aliphatic carbocycles. The molecule has 2 nitrogen and oxygen atoms in total. The first kappa shape index (κ1) is 12.4. The molecular weight excluding hydrogens is 299 g/mol. The molecule has 0 saturated heterocycles. The van der Waals surface area contributed by atoms with Crippen LogP contribution in [0, 0.1) is 0 Å². The molecule has 92 valence electrons. The van der Waals surface area contributed by atoms with Crippen molar-refractivity contribution in [1.29, 1.82) is 0 Å². The summed E-state index contributed by atoms with van der Waals surface area (Å²) in [6, 6.07) is 4.84. The van der Waals surface area contributed by atoms with Gasteiger partial charge in [-0.15, -0.1) is 0 Å². The maximum atomic E-state index is 12.1. The molecular formula is C11H9BrF3NO. The molecule has 0 heterocycles. The van der Waals surface area contributed by atoms with Crippen LogP contribution in [0.2, 0.25) is 0 Å². The fraction of sp³-hybridized carbons (Fsp3) is 0.364. The summed E-state index contributed by atoms with van der Waals surface area (Å²) in [5.74, 6) is -1.88. The van der Waals surface area contributed by atoms with Gasteiger partial charge in [0.1, 0.15) is 0 Å². The molecule has 1 aromatic rings. The van der Waals surface area contributed by atoms with Gasteiger partial charge in [0.25, 0.3) is 0 Å². The Morgan fingerprint density at radius 3 is 2.76 bits per heavy atom. The second-order valence-electron chi connectivity index (χ2n) is 3.91. The Hall–Kier alpha value is -1.04. The maximum absolute atomic E-state index is 12.1. The maximum Gasteiger partial charge on any atom is 0.471 e. The lowest BCUT2D eigenvalue weighted by Crippen LogP contribution is -2.38. The Bertz CT molecular complexity index is 459. The van der Waals surface area contributed by atoms with Crippen LogP contribution in [0.5, 0.6) is 0 Å². The van der Waals surface area contributed by atoms with E-state index in [1.807, 2.05) is 11.4 Å². The number of carbonyl (C=O) groups excluding carboxylic acids is 1. The van der Waals surface area contributed by atoms with Crippen molar-refractivity contribution in [3.05, 3.63) is 33.8 Å². The minimum atomic E-state index is -4.82. The SMILES string of the molecule is O=C(N[C@H]1CCc2cc(Br)ccc21)C(F)(F)F. The van der Waals surface area contributed by atoms with Crippen LogP contribution >= 0.6 is 15.9 Å². The number of halogens is 4. The summed E-state index contributed by atoms with van der Waals surface area (Å²) in [7, 11) is 0. The van der Waals surface area contributed by atoms with E-state index in [1.165, 1.54) is 0 Å². The first-order valence-corrected chi connectivity index (χ1v) is 5.83. The number of alkyl halides is 3. The summed E-state index contributed by atoms with van der Waals surface area (Å²) in [4.78, 5) is 10.9. The molecule has 0 aliphatic heterocycles. The molecule has 2 rings (SSSR count). The van der Waals surface area contributed by atoms with Crippen molar-refractivity contribution in [2.75, 3.05) is 0 Å². The fourth-order valence-electron chi connectivity index (χ4n) is 1.98. The van der Waals surface area contributed by atoms with Crippen molar-refractivity contribution >= 4 is 21.8 Å². The van der Waals surface area contributed by atoms with Crippen LogP contribution < -0.4 is 5.32 Å². The second-order valence-corrected chi connectivity index (χ2v) is 4.82. The highest BCUT2D eigenvalue weighted by Crippen LogP contribution is 2.33. The summed E-state index contributed by atoms with van der Waals surface area (Å²) in [5, 5.41) is 2.02. The lowest BCUT2D eigenvalue weighted by molar-refractivity contribution is -0.174. The highest BCUT2D eigenvalue weighted by molar-refractivity contribution is 9.10. The topological polar surface area (TPSA) is 29.1 Å². The van der Waals surface area contributed by atoms with Gasteiger partial charge >= 0.3 is 12.1 Å². The normalized spacial score (nSPS) is 18.9. The minimum absolute atomic E-state index is 0.508. The van der Waals surface area contributed by atoms with Gasteiger partial charge in [-0.05, 0) is 36.1 Å². The Morgan fingerprint density at radius 1 is 1.41 bits per heavy atom. The molecule has 0 aromatic heterocycles. The molecule has 1 aliphatic rings. The van der Waals surface area contributed by atoms with Crippen molar-refractivity contribution in [3.8, 4) is 0 Å². The molecule has 0 saturated carbocycles. The molecule has 1 amide bonds. The molecule has 0 spiro atoms. The lowest BCUT2D eigenvalue weighted by Gasteiger charge is -2.15. The number of benzene rings is 1. The predicted octanol–water partition coefficient (Wildman–Crippen LogP) is 3.11. The van der Waals surface area contributed by atoms with Crippen LogP contribution in [0.3, 0.4) is 0 Å². The summed E-state index contributed by atoms with van der Waals surface area (Å²) in [6.07, 6.45) is -3.64. The first-order valence-electron chi connectivity index (χ1n) is 5.04. The van der Waals surface area contributed by atoms with Crippen molar-refractivity contribution in [1.82, 2.24) is 5.32 Å². The highest BCUT2D eigenvalue weighted by Gasteiger charge is 2.40. The molecule has 1 aromatic carbocycles. The number of hydrogen-bond donors (Lipinski definition) is 1.